The molecule has 0 fully saturated rings. The molecule has 150 valence electrons. The number of hydrogen-bond acceptors (Lipinski definition) is 6. The molecule has 0 saturated carbocycles. The zero-order chi connectivity index (χ0) is 21.1. The Hall–Kier alpha value is -3.93. The molecule has 4 rings (SSSR count). The first-order valence-corrected chi connectivity index (χ1v) is 9.37. The molecule has 0 saturated heterocycles. The van der Waals surface area contributed by atoms with Gasteiger partial charge in [0, 0.05) is 18.3 Å². The van der Waals surface area contributed by atoms with E-state index in [9.17, 15) is 9.59 Å². The average Bonchev–Trinajstić information content (AvgIpc) is 3.04. The molecule has 30 heavy (non-hydrogen) atoms. The molecule has 1 aliphatic rings. The van der Waals surface area contributed by atoms with Gasteiger partial charge in [-0.15, -0.1) is 0 Å². The van der Waals surface area contributed by atoms with Crippen LogP contribution in [0.1, 0.15) is 27.2 Å². The SMILES string of the molecule is COc1ccc(CC(=O)Oc2cc(C)c3c(c2)O/C(=C\c2ccccn2)C3=O)cc1. The van der Waals surface area contributed by atoms with Crippen molar-refractivity contribution >= 4 is 17.8 Å². The first-order chi connectivity index (χ1) is 14.5. The summed E-state index contributed by atoms with van der Waals surface area (Å²) in [4.78, 5) is 29.2. The number of benzene rings is 2. The van der Waals surface area contributed by atoms with Crippen molar-refractivity contribution in [3.8, 4) is 17.2 Å². The van der Waals surface area contributed by atoms with Crippen LogP contribution in [0.2, 0.25) is 0 Å². The van der Waals surface area contributed by atoms with Gasteiger partial charge in [0.2, 0.25) is 5.78 Å². The average molecular weight is 401 g/mol. The third-order valence-corrected chi connectivity index (χ3v) is 4.65. The van der Waals surface area contributed by atoms with Crippen molar-refractivity contribution in [2.24, 2.45) is 0 Å². The van der Waals surface area contributed by atoms with Crippen molar-refractivity contribution in [3.63, 3.8) is 0 Å². The summed E-state index contributed by atoms with van der Waals surface area (Å²) in [6.07, 6.45) is 3.35. The van der Waals surface area contributed by atoms with Crippen LogP contribution < -0.4 is 14.2 Å². The molecule has 0 spiro atoms. The fraction of sp³-hybridized carbons (Fsp3) is 0.125. The lowest BCUT2D eigenvalue weighted by atomic mass is 10.0. The summed E-state index contributed by atoms with van der Waals surface area (Å²) in [5.74, 6) is 0.981. The number of rotatable bonds is 5. The highest BCUT2D eigenvalue weighted by molar-refractivity contribution is 6.15. The summed E-state index contributed by atoms with van der Waals surface area (Å²) in [6.45, 7) is 1.78. The molecular formula is C24H19NO5. The fourth-order valence-corrected chi connectivity index (χ4v) is 3.21. The number of pyridine rings is 1. The highest BCUT2D eigenvalue weighted by Gasteiger charge is 2.30. The number of ketones is 1. The predicted molar refractivity (Wildman–Crippen MR) is 111 cm³/mol. The summed E-state index contributed by atoms with van der Waals surface area (Å²) in [5.41, 5.74) is 2.57. The molecule has 0 bridgehead atoms. The molecule has 0 aliphatic carbocycles. The van der Waals surface area contributed by atoms with E-state index in [4.69, 9.17) is 14.2 Å². The molecule has 0 atom stereocenters. The number of carbonyl (C=O) groups excluding carboxylic acids is 2. The van der Waals surface area contributed by atoms with Gasteiger partial charge in [-0.1, -0.05) is 18.2 Å². The molecule has 0 unspecified atom stereocenters. The lowest BCUT2D eigenvalue weighted by Gasteiger charge is -2.08. The Balaban J connectivity index is 1.50. The first-order valence-electron chi connectivity index (χ1n) is 9.37. The van der Waals surface area contributed by atoms with Gasteiger partial charge < -0.3 is 14.2 Å². The molecule has 2 aromatic carbocycles. The molecule has 1 aromatic heterocycles. The van der Waals surface area contributed by atoms with E-state index in [-0.39, 0.29) is 18.0 Å². The third-order valence-electron chi connectivity index (χ3n) is 4.65. The maximum Gasteiger partial charge on any atom is 0.315 e. The van der Waals surface area contributed by atoms with Gasteiger partial charge in [-0.3, -0.25) is 14.6 Å². The van der Waals surface area contributed by atoms with Crippen LogP contribution >= 0.6 is 0 Å². The van der Waals surface area contributed by atoms with Gasteiger partial charge in [0.05, 0.1) is 24.8 Å². The standard InChI is InChI=1S/C24H19NO5/c1-15-11-19(29-22(26)12-16-6-8-18(28-2)9-7-16)14-20-23(15)24(27)21(30-20)13-17-5-3-4-10-25-17/h3-11,13-14H,12H2,1-2H3/b21-13-. The van der Waals surface area contributed by atoms with Crippen LogP contribution in [-0.4, -0.2) is 23.8 Å². The third kappa shape index (κ3) is 4.07. The Morgan fingerprint density at radius 3 is 2.60 bits per heavy atom. The summed E-state index contributed by atoms with van der Waals surface area (Å²) in [7, 11) is 1.59. The van der Waals surface area contributed by atoms with Crippen LogP contribution in [0.15, 0.2) is 66.6 Å². The van der Waals surface area contributed by atoms with Crippen molar-refractivity contribution in [2.75, 3.05) is 7.11 Å². The zero-order valence-corrected chi connectivity index (χ0v) is 16.5. The number of Topliss-reactive ketones (excluding diaryl/α,β-unsaturated/α-hetero) is 1. The van der Waals surface area contributed by atoms with Crippen molar-refractivity contribution in [1.29, 1.82) is 0 Å². The second kappa shape index (κ2) is 8.21. The molecule has 2 heterocycles. The van der Waals surface area contributed by atoms with Crippen LogP contribution in [0.4, 0.5) is 0 Å². The van der Waals surface area contributed by atoms with Crippen LogP contribution in [0, 0.1) is 6.92 Å². The maximum absolute atomic E-state index is 12.7. The van der Waals surface area contributed by atoms with Crippen LogP contribution in [-0.2, 0) is 11.2 Å². The number of fused-ring (bicyclic) bond motifs is 1. The van der Waals surface area contributed by atoms with Gasteiger partial charge in [0.25, 0.3) is 0 Å². The number of ether oxygens (including phenoxy) is 3. The second-order valence-electron chi connectivity index (χ2n) is 6.81. The Bertz CT molecular complexity index is 1130. The maximum atomic E-state index is 12.7. The zero-order valence-electron chi connectivity index (χ0n) is 16.5. The Labute approximate surface area is 173 Å². The second-order valence-corrected chi connectivity index (χ2v) is 6.81. The molecule has 6 nitrogen and oxygen atoms in total. The van der Waals surface area contributed by atoms with Gasteiger partial charge in [-0.2, -0.15) is 0 Å². The van der Waals surface area contributed by atoms with E-state index in [0.717, 1.165) is 11.3 Å². The minimum atomic E-state index is -0.409. The molecule has 0 amide bonds. The molecule has 6 heteroatoms. The summed E-state index contributed by atoms with van der Waals surface area (Å²) < 4.78 is 16.3. The number of hydrogen-bond donors (Lipinski definition) is 0. The van der Waals surface area contributed by atoms with Crippen molar-refractivity contribution in [1.82, 2.24) is 4.98 Å². The highest BCUT2D eigenvalue weighted by Crippen LogP contribution is 2.37. The number of aromatic nitrogens is 1. The number of methoxy groups -OCH3 is 1. The molecule has 3 aromatic rings. The number of carbonyl (C=O) groups is 2. The van der Waals surface area contributed by atoms with Crippen molar-refractivity contribution in [3.05, 3.63) is 88.9 Å². The smallest absolute Gasteiger partial charge is 0.315 e. The molecule has 0 radical (unpaired) electrons. The van der Waals surface area contributed by atoms with E-state index in [2.05, 4.69) is 4.98 Å². The number of esters is 1. The summed E-state index contributed by atoms with van der Waals surface area (Å²) >= 11 is 0. The van der Waals surface area contributed by atoms with Crippen molar-refractivity contribution in [2.45, 2.75) is 13.3 Å². The van der Waals surface area contributed by atoms with E-state index < -0.39 is 5.97 Å². The van der Waals surface area contributed by atoms with Crippen LogP contribution in [0.5, 0.6) is 17.2 Å². The Morgan fingerprint density at radius 1 is 1.10 bits per heavy atom. The first kappa shape index (κ1) is 19.4. The van der Waals surface area contributed by atoms with Gasteiger partial charge in [0.15, 0.2) is 5.76 Å². The number of aryl methyl sites for hydroxylation is 1. The van der Waals surface area contributed by atoms with Gasteiger partial charge in [-0.05, 0) is 48.4 Å². The normalized spacial score (nSPS) is 13.7. The highest BCUT2D eigenvalue weighted by atomic mass is 16.5. The topological polar surface area (TPSA) is 74.7 Å². The number of nitrogens with zero attached hydrogens (tertiary/aromatic N) is 1. The molecular weight excluding hydrogens is 382 g/mol. The van der Waals surface area contributed by atoms with E-state index in [0.29, 0.717) is 28.3 Å². The Morgan fingerprint density at radius 2 is 1.90 bits per heavy atom. The largest absolute Gasteiger partial charge is 0.497 e. The van der Waals surface area contributed by atoms with E-state index in [1.54, 1.807) is 62.7 Å². The lowest BCUT2D eigenvalue weighted by Crippen LogP contribution is -2.11. The predicted octanol–water partition coefficient (Wildman–Crippen LogP) is 4.16. The van der Waals surface area contributed by atoms with Crippen LogP contribution in [0.25, 0.3) is 6.08 Å². The molecule has 0 N–H and O–H groups in total. The van der Waals surface area contributed by atoms with E-state index in [1.165, 1.54) is 0 Å². The van der Waals surface area contributed by atoms with Gasteiger partial charge in [0.1, 0.15) is 17.2 Å². The van der Waals surface area contributed by atoms with E-state index >= 15 is 0 Å². The minimum absolute atomic E-state index is 0.116. The summed E-state index contributed by atoms with van der Waals surface area (Å²) in [6, 6.07) is 15.8. The fourth-order valence-electron chi connectivity index (χ4n) is 3.21. The van der Waals surface area contributed by atoms with Gasteiger partial charge >= 0.3 is 5.97 Å². The van der Waals surface area contributed by atoms with Gasteiger partial charge in [-0.25, -0.2) is 0 Å². The Kier molecular flexibility index (Phi) is 5.30. The van der Waals surface area contributed by atoms with Crippen molar-refractivity contribution < 1.29 is 23.8 Å². The monoisotopic (exact) mass is 401 g/mol. The number of allylic oxidation sites excluding steroid dienone is 1. The lowest BCUT2D eigenvalue weighted by molar-refractivity contribution is -0.133. The van der Waals surface area contributed by atoms with E-state index in [1.807, 2.05) is 18.2 Å². The quantitative estimate of drug-likeness (QED) is 0.363. The van der Waals surface area contributed by atoms with Crippen LogP contribution in [0.3, 0.4) is 0 Å². The summed E-state index contributed by atoms with van der Waals surface area (Å²) in [5, 5.41) is 0. The minimum Gasteiger partial charge on any atom is -0.497 e. The molecule has 1 aliphatic heterocycles.